The highest BCUT2D eigenvalue weighted by molar-refractivity contribution is 6.35. The second-order valence-corrected chi connectivity index (χ2v) is 7.29. The van der Waals surface area contributed by atoms with Gasteiger partial charge in [0.05, 0.1) is 12.3 Å². The Hall–Kier alpha value is -3.87. The van der Waals surface area contributed by atoms with Crippen molar-refractivity contribution in [1.82, 2.24) is 15.1 Å². The third-order valence-corrected chi connectivity index (χ3v) is 5.32. The number of carbonyl (C=O) groups is 3. The summed E-state index contributed by atoms with van der Waals surface area (Å²) in [6.45, 7) is 1.28. The smallest absolute Gasteiger partial charge is 0.312 e. The topological polar surface area (TPSA) is 82.9 Å². The number of benzene rings is 2. The third kappa shape index (κ3) is 4.66. The van der Waals surface area contributed by atoms with Crippen molar-refractivity contribution in [2.45, 2.75) is 6.04 Å². The highest BCUT2D eigenvalue weighted by atomic mass is 16.3. The fraction of sp³-hybridized carbons (Fsp3) is 0.208. The SMILES string of the molecule is O=C(NC(c1ccccc1)c1ccccc1)C(=O)N1CCN(C(=O)c2ccco2)CC1. The monoisotopic (exact) mass is 417 g/mol. The fourth-order valence-electron chi connectivity index (χ4n) is 3.66. The largest absolute Gasteiger partial charge is 0.459 e. The molecule has 2 heterocycles. The normalized spacial score (nSPS) is 13.8. The van der Waals surface area contributed by atoms with Crippen LogP contribution >= 0.6 is 0 Å². The third-order valence-electron chi connectivity index (χ3n) is 5.32. The molecule has 158 valence electrons. The van der Waals surface area contributed by atoms with E-state index in [4.69, 9.17) is 4.42 Å². The van der Waals surface area contributed by atoms with Gasteiger partial charge in [-0.2, -0.15) is 0 Å². The molecule has 0 spiro atoms. The molecule has 0 bridgehead atoms. The second-order valence-electron chi connectivity index (χ2n) is 7.29. The van der Waals surface area contributed by atoms with Crippen LogP contribution in [-0.4, -0.2) is 53.7 Å². The summed E-state index contributed by atoms with van der Waals surface area (Å²) in [4.78, 5) is 41.1. The standard InChI is InChI=1S/C24H23N3O4/c28-22(25-21(18-8-3-1-4-9-18)19-10-5-2-6-11-19)24(30)27-15-13-26(14-16-27)23(29)20-12-7-17-31-20/h1-12,17,21H,13-16H2,(H,25,28). The van der Waals surface area contributed by atoms with Gasteiger partial charge in [0.15, 0.2) is 5.76 Å². The molecule has 1 aromatic heterocycles. The van der Waals surface area contributed by atoms with Crippen molar-refractivity contribution >= 4 is 17.7 Å². The molecule has 3 amide bonds. The van der Waals surface area contributed by atoms with Gasteiger partial charge in [0.1, 0.15) is 0 Å². The van der Waals surface area contributed by atoms with Crippen LogP contribution < -0.4 is 5.32 Å². The first-order chi connectivity index (χ1) is 15.1. The van der Waals surface area contributed by atoms with Crippen LogP contribution in [0.15, 0.2) is 83.5 Å². The van der Waals surface area contributed by atoms with Gasteiger partial charge in [-0.1, -0.05) is 60.7 Å². The van der Waals surface area contributed by atoms with Crippen molar-refractivity contribution < 1.29 is 18.8 Å². The highest BCUT2D eigenvalue weighted by Gasteiger charge is 2.30. The predicted octanol–water partition coefficient (Wildman–Crippen LogP) is 2.47. The lowest BCUT2D eigenvalue weighted by Gasteiger charge is -2.34. The quantitative estimate of drug-likeness (QED) is 0.661. The molecule has 1 fully saturated rings. The lowest BCUT2D eigenvalue weighted by molar-refractivity contribution is -0.147. The average molecular weight is 417 g/mol. The Morgan fingerprint density at radius 3 is 1.81 bits per heavy atom. The molecular weight excluding hydrogens is 394 g/mol. The van der Waals surface area contributed by atoms with Crippen LogP contribution in [0, 0.1) is 0 Å². The summed E-state index contributed by atoms with van der Waals surface area (Å²) >= 11 is 0. The molecule has 0 atom stereocenters. The van der Waals surface area contributed by atoms with Crippen LogP contribution in [0.3, 0.4) is 0 Å². The van der Waals surface area contributed by atoms with E-state index < -0.39 is 17.9 Å². The Morgan fingerprint density at radius 2 is 1.29 bits per heavy atom. The maximum absolute atomic E-state index is 12.8. The van der Waals surface area contributed by atoms with Crippen molar-refractivity contribution in [2.75, 3.05) is 26.2 Å². The summed E-state index contributed by atoms with van der Waals surface area (Å²) in [6.07, 6.45) is 1.45. The number of amides is 3. The zero-order chi connectivity index (χ0) is 21.6. The molecule has 2 aromatic carbocycles. The van der Waals surface area contributed by atoms with Crippen molar-refractivity contribution in [1.29, 1.82) is 0 Å². The molecule has 1 aliphatic rings. The molecule has 3 aromatic rings. The number of hydrogen-bond acceptors (Lipinski definition) is 4. The minimum Gasteiger partial charge on any atom is -0.459 e. The molecule has 1 N–H and O–H groups in total. The van der Waals surface area contributed by atoms with E-state index in [9.17, 15) is 14.4 Å². The molecule has 1 aliphatic heterocycles. The average Bonchev–Trinajstić information content (AvgIpc) is 3.38. The first-order valence-electron chi connectivity index (χ1n) is 10.2. The summed E-state index contributed by atoms with van der Waals surface area (Å²) in [5.74, 6) is -1.20. The van der Waals surface area contributed by atoms with Gasteiger partial charge in [0, 0.05) is 26.2 Å². The molecule has 7 heteroatoms. The summed E-state index contributed by atoms with van der Waals surface area (Å²) in [6, 6.07) is 21.9. The molecule has 0 aliphatic carbocycles. The fourth-order valence-corrected chi connectivity index (χ4v) is 3.66. The molecule has 0 radical (unpaired) electrons. The van der Waals surface area contributed by atoms with E-state index in [-0.39, 0.29) is 11.7 Å². The number of nitrogens with zero attached hydrogens (tertiary/aromatic N) is 2. The first kappa shape index (κ1) is 20.4. The number of rotatable bonds is 4. The molecule has 7 nitrogen and oxygen atoms in total. The van der Waals surface area contributed by atoms with Gasteiger partial charge in [-0.3, -0.25) is 14.4 Å². The van der Waals surface area contributed by atoms with Crippen molar-refractivity contribution in [3.63, 3.8) is 0 Å². The highest BCUT2D eigenvalue weighted by Crippen LogP contribution is 2.22. The van der Waals surface area contributed by atoms with Gasteiger partial charge in [-0.15, -0.1) is 0 Å². The summed E-state index contributed by atoms with van der Waals surface area (Å²) in [7, 11) is 0. The van der Waals surface area contributed by atoms with E-state index in [0.717, 1.165) is 11.1 Å². The maximum atomic E-state index is 12.8. The number of furan rings is 1. The van der Waals surface area contributed by atoms with Gasteiger partial charge in [-0.25, -0.2) is 0 Å². The van der Waals surface area contributed by atoms with Gasteiger partial charge in [-0.05, 0) is 23.3 Å². The number of nitrogens with one attached hydrogen (secondary N) is 1. The zero-order valence-electron chi connectivity index (χ0n) is 16.9. The van der Waals surface area contributed by atoms with E-state index in [2.05, 4.69) is 5.32 Å². The van der Waals surface area contributed by atoms with E-state index in [1.165, 1.54) is 11.2 Å². The van der Waals surface area contributed by atoms with Gasteiger partial charge >= 0.3 is 11.8 Å². The minimum atomic E-state index is -0.663. The molecule has 4 rings (SSSR count). The number of piperazine rings is 1. The summed E-state index contributed by atoms with van der Waals surface area (Å²) in [5.41, 5.74) is 1.78. The lowest BCUT2D eigenvalue weighted by Crippen LogP contribution is -2.54. The Labute approximate surface area is 180 Å². The van der Waals surface area contributed by atoms with Crippen LogP contribution in [0.4, 0.5) is 0 Å². The zero-order valence-corrected chi connectivity index (χ0v) is 16.9. The van der Waals surface area contributed by atoms with Crippen LogP contribution in [0.2, 0.25) is 0 Å². The van der Waals surface area contributed by atoms with Crippen molar-refractivity contribution in [3.8, 4) is 0 Å². The molecule has 0 unspecified atom stereocenters. The van der Waals surface area contributed by atoms with Crippen LogP contribution in [0.5, 0.6) is 0 Å². The minimum absolute atomic E-state index is 0.213. The Kier molecular flexibility index (Phi) is 6.12. The number of hydrogen-bond donors (Lipinski definition) is 1. The van der Waals surface area contributed by atoms with Gasteiger partial charge < -0.3 is 19.5 Å². The predicted molar refractivity (Wildman–Crippen MR) is 114 cm³/mol. The van der Waals surface area contributed by atoms with E-state index in [0.29, 0.717) is 26.2 Å². The van der Waals surface area contributed by atoms with E-state index >= 15 is 0 Å². The molecule has 1 saturated heterocycles. The Morgan fingerprint density at radius 1 is 0.742 bits per heavy atom. The number of carbonyl (C=O) groups excluding carboxylic acids is 3. The van der Waals surface area contributed by atoms with Crippen LogP contribution in [0.1, 0.15) is 27.7 Å². The van der Waals surface area contributed by atoms with Gasteiger partial charge in [0.2, 0.25) is 0 Å². The van der Waals surface area contributed by atoms with Crippen molar-refractivity contribution in [2.24, 2.45) is 0 Å². The van der Waals surface area contributed by atoms with Crippen molar-refractivity contribution in [3.05, 3.63) is 95.9 Å². The molecule has 31 heavy (non-hydrogen) atoms. The van der Waals surface area contributed by atoms with E-state index in [1.807, 2.05) is 60.7 Å². The summed E-state index contributed by atoms with van der Waals surface area (Å²) in [5, 5.41) is 2.88. The Bertz CT molecular complexity index is 988. The first-order valence-corrected chi connectivity index (χ1v) is 10.2. The second kappa shape index (κ2) is 9.30. The van der Waals surface area contributed by atoms with Crippen LogP contribution in [-0.2, 0) is 9.59 Å². The summed E-state index contributed by atoms with van der Waals surface area (Å²) < 4.78 is 5.15. The van der Waals surface area contributed by atoms with Gasteiger partial charge in [0.25, 0.3) is 5.91 Å². The maximum Gasteiger partial charge on any atom is 0.312 e. The molecule has 0 saturated carbocycles. The van der Waals surface area contributed by atoms with E-state index in [1.54, 1.807) is 17.0 Å². The Balaban J connectivity index is 1.40. The molecular formula is C24H23N3O4. The van der Waals surface area contributed by atoms with Crippen LogP contribution in [0.25, 0.3) is 0 Å². The lowest BCUT2D eigenvalue weighted by atomic mass is 9.98.